The fourth-order valence-corrected chi connectivity index (χ4v) is 3.99. The lowest BCUT2D eigenvalue weighted by Gasteiger charge is -2.27. The van der Waals surface area contributed by atoms with Crippen molar-refractivity contribution in [1.82, 2.24) is 19.8 Å². The Bertz CT molecular complexity index is 1140. The Morgan fingerprint density at radius 3 is 2.53 bits per heavy atom. The number of hydrogen-bond donors (Lipinski definition) is 1. The molecule has 2 amide bonds. The minimum absolute atomic E-state index is 0.0929. The molecular weight excluding hydrogens is 440 g/mol. The number of esters is 1. The zero-order valence-corrected chi connectivity index (χ0v) is 20.3. The van der Waals surface area contributed by atoms with E-state index in [1.807, 2.05) is 13.0 Å². The van der Waals surface area contributed by atoms with E-state index in [-0.39, 0.29) is 31.7 Å². The van der Waals surface area contributed by atoms with Crippen molar-refractivity contribution in [3.63, 3.8) is 0 Å². The van der Waals surface area contributed by atoms with Gasteiger partial charge >= 0.3 is 12.1 Å². The first-order chi connectivity index (χ1) is 16.0. The number of aromatic nitrogens is 2. The molecule has 2 heterocycles. The number of nitrogens with one attached hydrogen (secondary N) is 1. The van der Waals surface area contributed by atoms with Crippen LogP contribution in [0, 0.1) is 0 Å². The number of nitrogens with zero attached hydrogens (tertiary/aromatic N) is 3. The van der Waals surface area contributed by atoms with E-state index >= 15 is 0 Å². The quantitative estimate of drug-likeness (QED) is 0.639. The fraction of sp³-hybridized carbons (Fsp3) is 0.542. The molecule has 184 valence electrons. The van der Waals surface area contributed by atoms with Gasteiger partial charge in [0.1, 0.15) is 24.0 Å². The lowest BCUT2D eigenvalue weighted by molar-refractivity contribution is -0.148. The first kappa shape index (κ1) is 25.2. The molecule has 1 N–H and O–H groups in total. The van der Waals surface area contributed by atoms with Gasteiger partial charge in [-0.05, 0) is 39.8 Å². The molecule has 10 heteroatoms. The maximum atomic E-state index is 13.0. The molecule has 3 rings (SSSR count). The van der Waals surface area contributed by atoms with Gasteiger partial charge in [-0.15, -0.1) is 0 Å². The summed E-state index contributed by atoms with van der Waals surface area (Å²) >= 11 is 0. The first-order valence-electron chi connectivity index (χ1n) is 11.5. The third-order valence-electron chi connectivity index (χ3n) is 5.41. The van der Waals surface area contributed by atoms with Gasteiger partial charge in [-0.1, -0.05) is 19.1 Å². The molecule has 34 heavy (non-hydrogen) atoms. The van der Waals surface area contributed by atoms with Gasteiger partial charge in [-0.3, -0.25) is 19.1 Å². The highest BCUT2D eigenvalue weighted by atomic mass is 16.6. The van der Waals surface area contributed by atoms with Crippen LogP contribution in [0.3, 0.4) is 0 Å². The molecule has 0 aliphatic carbocycles. The average Bonchev–Trinajstić information content (AvgIpc) is 3.18. The monoisotopic (exact) mass is 472 g/mol. The number of aryl methyl sites for hydroxylation is 1. The van der Waals surface area contributed by atoms with E-state index in [0.717, 1.165) is 0 Å². The van der Waals surface area contributed by atoms with Gasteiger partial charge < -0.3 is 14.8 Å². The Labute approximate surface area is 198 Å². The van der Waals surface area contributed by atoms with Crippen molar-refractivity contribution in [3.05, 3.63) is 40.4 Å². The van der Waals surface area contributed by atoms with E-state index < -0.39 is 35.7 Å². The summed E-state index contributed by atoms with van der Waals surface area (Å²) in [5.41, 5.74) is -0.441. The predicted molar refractivity (Wildman–Crippen MR) is 125 cm³/mol. The van der Waals surface area contributed by atoms with Crippen molar-refractivity contribution < 1.29 is 23.9 Å². The van der Waals surface area contributed by atoms with Crippen molar-refractivity contribution in [2.24, 2.45) is 0 Å². The molecule has 0 saturated carbocycles. The van der Waals surface area contributed by atoms with E-state index in [0.29, 0.717) is 23.1 Å². The predicted octanol–water partition coefficient (Wildman–Crippen LogP) is 2.02. The molecule has 1 aliphatic rings. The summed E-state index contributed by atoms with van der Waals surface area (Å²) in [6.45, 7) is 8.81. The molecule has 1 fully saturated rings. The van der Waals surface area contributed by atoms with Crippen LogP contribution in [0.5, 0.6) is 0 Å². The van der Waals surface area contributed by atoms with Gasteiger partial charge in [0.2, 0.25) is 5.91 Å². The number of likely N-dealkylation sites (tertiary alicyclic amines) is 1. The molecule has 1 aliphatic heterocycles. The molecule has 2 aromatic rings. The maximum Gasteiger partial charge on any atom is 0.411 e. The molecule has 0 unspecified atom stereocenters. The van der Waals surface area contributed by atoms with E-state index in [1.54, 1.807) is 45.9 Å². The summed E-state index contributed by atoms with van der Waals surface area (Å²) in [5, 5.41) is 3.28. The average molecular weight is 473 g/mol. The van der Waals surface area contributed by atoms with Gasteiger partial charge in [-0.25, -0.2) is 14.6 Å². The Morgan fingerprint density at radius 1 is 1.18 bits per heavy atom. The van der Waals surface area contributed by atoms with Gasteiger partial charge in [0, 0.05) is 25.4 Å². The number of hydrogen-bond acceptors (Lipinski definition) is 7. The Morgan fingerprint density at radius 2 is 1.88 bits per heavy atom. The number of rotatable bonds is 6. The highest BCUT2D eigenvalue weighted by Gasteiger charge is 2.42. The van der Waals surface area contributed by atoms with E-state index in [2.05, 4.69) is 10.3 Å². The molecule has 0 radical (unpaired) electrons. The normalized spacial score (nSPS) is 18.1. The van der Waals surface area contributed by atoms with Crippen LogP contribution in [0.1, 0.15) is 46.9 Å². The van der Waals surface area contributed by atoms with Crippen molar-refractivity contribution in [2.45, 2.75) is 71.7 Å². The van der Waals surface area contributed by atoms with Crippen LogP contribution in [0.2, 0.25) is 0 Å². The summed E-state index contributed by atoms with van der Waals surface area (Å²) in [5.74, 6) is -0.453. The van der Waals surface area contributed by atoms with Crippen LogP contribution in [0.25, 0.3) is 10.9 Å². The van der Waals surface area contributed by atoms with Gasteiger partial charge in [-0.2, -0.15) is 0 Å². The zero-order chi connectivity index (χ0) is 25.0. The Balaban J connectivity index is 1.77. The molecule has 0 bridgehead atoms. The minimum atomic E-state index is -0.864. The largest absolute Gasteiger partial charge is 0.464 e. The standard InChI is InChI=1S/C24H32N4O6/c1-6-19-26-17-11-9-8-10-16(17)21(30)28(19)14-20(29)25-15-12-18(22(31)33-7-2)27(13-15)23(32)34-24(3,4)5/h8-11,15,18H,6-7,12-14H2,1-5H3,(H,25,29)/t15-,18-/m0/s1. The Hall–Kier alpha value is -3.43. The van der Waals surface area contributed by atoms with Gasteiger partial charge in [0.25, 0.3) is 5.56 Å². The topological polar surface area (TPSA) is 120 Å². The Kier molecular flexibility index (Phi) is 7.58. The van der Waals surface area contributed by atoms with Crippen LogP contribution in [-0.2, 0) is 32.0 Å². The smallest absolute Gasteiger partial charge is 0.411 e. The van der Waals surface area contributed by atoms with E-state index in [9.17, 15) is 19.2 Å². The van der Waals surface area contributed by atoms with Crippen LogP contribution >= 0.6 is 0 Å². The number of ether oxygens (including phenoxy) is 2. The fourth-order valence-electron chi connectivity index (χ4n) is 3.99. The number of carbonyl (C=O) groups is 3. The van der Waals surface area contributed by atoms with Crippen LogP contribution < -0.4 is 10.9 Å². The molecule has 1 aromatic heterocycles. The zero-order valence-electron chi connectivity index (χ0n) is 20.3. The van der Waals surface area contributed by atoms with Crippen LogP contribution in [0.4, 0.5) is 4.79 Å². The number of carbonyl (C=O) groups excluding carboxylic acids is 3. The molecule has 0 spiro atoms. The van der Waals surface area contributed by atoms with Gasteiger partial charge in [0.05, 0.1) is 17.5 Å². The maximum absolute atomic E-state index is 13.0. The molecule has 10 nitrogen and oxygen atoms in total. The third-order valence-corrected chi connectivity index (χ3v) is 5.41. The highest BCUT2D eigenvalue weighted by Crippen LogP contribution is 2.22. The summed E-state index contributed by atoms with van der Waals surface area (Å²) in [6.07, 6.45) is 0.0224. The second kappa shape index (κ2) is 10.2. The number of fused-ring (bicyclic) bond motifs is 1. The molecular formula is C24H32N4O6. The van der Waals surface area contributed by atoms with Crippen molar-refractivity contribution >= 4 is 28.9 Å². The lowest BCUT2D eigenvalue weighted by Crippen LogP contribution is -2.45. The summed E-state index contributed by atoms with van der Waals surface area (Å²) in [7, 11) is 0. The van der Waals surface area contributed by atoms with Crippen LogP contribution in [-0.4, -0.2) is 63.3 Å². The molecule has 1 saturated heterocycles. The highest BCUT2D eigenvalue weighted by molar-refractivity contribution is 5.83. The number of benzene rings is 1. The van der Waals surface area contributed by atoms with Crippen molar-refractivity contribution in [1.29, 1.82) is 0 Å². The van der Waals surface area contributed by atoms with E-state index in [1.165, 1.54) is 9.47 Å². The summed E-state index contributed by atoms with van der Waals surface area (Å²) in [4.78, 5) is 56.8. The lowest BCUT2D eigenvalue weighted by atomic mass is 10.1. The minimum Gasteiger partial charge on any atom is -0.464 e. The number of amides is 2. The third kappa shape index (κ3) is 5.73. The van der Waals surface area contributed by atoms with Crippen LogP contribution in [0.15, 0.2) is 29.1 Å². The van der Waals surface area contributed by atoms with Gasteiger partial charge in [0.15, 0.2) is 0 Å². The van der Waals surface area contributed by atoms with Crippen molar-refractivity contribution in [2.75, 3.05) is 13.2 Å². The molecule has 2 atom stereocenters. The van der Waals surface area contributed by atoms with Crippen molar-refractivity contribution in [3.8, 4) is 0 Å². The SMILES string of the molecule is CCOC(=O)[C@@H]1C[C@H](NC(=O)Cn2c(CC)nc3ccccc3c2=O)CN1C(=O)OC(C)(C)C. The summed E-state index contributed by atoms with van der Waals surface area (Å²) < 4.78 is 11.9. The number of para-hydroxylation sites is 1. The summed E-state index contributed by atoms with van der Waals surface area (Å²) in [6, 6.07) is 5.64. The molecule has 1 aromatic carbocycles. The second-order valence-corrected chi connectivity index (χ2v) is 9.19. The van der Waals surface area contributed by atoms with E-state index in [4.69, 9.17) is 9.47 Å². The first-order valence-corrected chi connectivity index (χ1v) is 11.5. The second-order valence-electron chi connectivity index (χ2n) is 9.19.